The van der Waals surface area contributed by atoms with Gasteiger partial charge in [-0.3, -0.25) is 25.2 Å². The maximum Gasteiger partial charge on any atom is 0.283 e. The van der Waals surface area contributed by atoms with E-state index in [0.29, 0.717) is 4.90 Å². The van der Waals surface area contributed by atoms with E-state index < -0.39 is 6.04 Å². The van der Waals surface area contributed by atoms with E-state index in [1.807, 2.05) is 24.3 Å². The summed E-state index contributed by atoms with van der Waals surface area (Å²) in [6.07, 6.45) is 3.22. The molecule has 2 aromatic carbocycles. The van der Waals surface area contributed by atoms with Crippen molar-refractivity contribution in [2.45, 2.75) is 35.1 Å². The van der Waals surface area contributed by atoms with Crippen LogP contribution in [0.3, 0.4) is 0 Å². The summed E-state index contributed by atoms with van der Waals surface area (Å²) < 4.78 is 0. The molecule has 1 amide bonds. The van der Waals surface area contributed by atoms with Gasteiger partial charge in [0.2, 0.25) is 0 Å². The number of carbonyl (C=O) groups is 1. The lowest BCUT2D eigenvalue weighted by Gasteiger charge is -2.34. The number of para-hydroxylation sites is 1. The third-order valence-electron chi connectivity index (χ3n) is 4.64. The van der Waals surface area contributed by atoms with E-state index >= 15 is 0 Å². The van der Waals surface area contributed by atoms with Crippen LogP contribution in [0.5, 0.6) is 0 Å². The number of nitrogens with two attached hydrogens (primary N) is 1. The summed E-state index contributed by atoms with van der Waals surface area (Å²) in [5.41, 5.74) is 3.15. The lowest BCUT2D eigenvalue weighted by molar-refractivity contribution is -0.387. The van der Waals surface area contributed by atoms with Gasteiger partial charge >= 0.3 is 0 Å². The van der Waals surface area contributed by atoms with Crippen LogP contribution in [0.25, 0.3) is 0 Å². The average molecular weight is 386 g/mol. The normalized spacial score (nSPS) is 15.9. The largest absolute Gasteiger partial charge is 0.293 e. The number of amides is 1. The van der Waals surface area contributed by atoms with Gasteiger partial charge in [-0.15, -0.1) is 0 Å². The fraction of sp³-hybridized carbons (Fsp3) is 0.316. The minimum Gasteiger partial charge on any atom is -0.293 e. The zero-order valence-electron chi connectivity index (χ0n) is 14.8. The second kappa shape index (κ2) is 8.98. The Hall–Kier alpha value is -2.42. The number of benzene rings is 2. The Bertz CT molecular complexity index is 824. The van der Waals surface area contributed by atoms with Crippen LogP contribution in [-0.4, -0.2) is 28.8 Å². The number of rotatable bonds is 6. The molecular weight excluding hydrogens is 364 g/mol. The lowest BCUT2D eigenvalue weighted by Crippen LogP contribution is -2.45. The number of hydrogen-bond acceptors (Lipinski definition) is 6. The maximum atomic E-state index is 12.6. The summed E-state index contributed by atoms with van der Waals surface area (Å²) in [5, 5.41) is 11.3. The minimum atomic E-state index is -0.512. The smallest absolute Gasteiger partial charge is 0.283 e. The zero-order chi connectivity index (χ0) is 19.2. The minimum absolute atomic E-state index is 0.0510. The molecule has 0 bridgehead atoms. The van der Waals surface area contributed by atoms with E-state index in [1.54, 1.807) is 18.2 Å². The average Bonchev–Trinajstić information content (AvgIpc) is 2.70. The topological polar surface area (TPSA) is 101 Å². The summed E-state index contributed by atoms with van der Waals surface area (Å²) in [7, 11) is 0. The predicted octanol–water partition coefficient (Wildman–Crippen LogP) is 3.26. The molecule has 27 heavy (non-hydrogen) atoms. The van der Waals surface area contributed by atoms with Crippen LogP contribution in [0.1, 0.15) is 30.9 Å². The Morgan fingerprint density at radius 1 is 1.07 bits per heavy atom. The van der Waals surface area contributed by atoms with Crippen molar-refractivity contribution < 1.29 is 9.72 Å². The first-order valence-electron chi connectivity index (χ1n) is 8.86. The number of carbonyl (C=O) groups excluding carboxylic acids is 1. The molecular formula is C19H22N4O3S. The zero-order valence-corrected chi connectivity index (χ0v) is 15.7. The highest BCUT2D eigenvalue weighted by Crippen LogP contribution is 2.39. The third-order valence-corrected chi connectivity index (χ3v) is 5.80. The van der Waals surface area contributed by atoms with Gasteiger partial charge in [0.15, 0.2) is 0 Å². The van der Waals surface area contributed by atoms with Gasteiger partial charge in [-0.2, -0.15) is 0 Å². The van der Waals surface area contributed by atoms with Gasteiger partial charge in [0, 0.05) is 11.0 Å². The number of hydrogen-bond donors (Lipinski definition) is 2. The molecule has 0 aromatic heterocycles. The Morgan fingerprint density at radius 2 is 1.70 bits per heavy atom. The van der Waals surface area contributed by atoms with Gasteiger partial charge in [0.1, 0.15) is 6.04 Å². The number of nitro benzene ring substituents is 1. The van der Waals surface area contributed by atoms with Crippen molar-refractivity contribution in [3.8, 4) is 0 Å². The number of nitro groups is 1. The molecule has 3 rings (SSSR count). The Labute approximate surface area is 162 Å². The number of piperidine rings is 1. The first kappa shape index (κ1) is 19.3. The molecule has 1 aliphatic rings. The highest BCUT2D eigenvalue weighted by Gasteiger charge is 2.30. The maximum absolute atomic E-state index is 12.6. The van der Waals surface area contributed by atoms with Crippen molar-refractivity contribution in [2.75, 3.05) is 13.1 Å². The third kappa shape index (κ3) is 4.47. The summed E-state index contributed by atoms with van der Waals surface area (Å²) >= 11 is 1.30. The summed E-state index contributed by atoms with van der Waals surface area (Å²) in [4.78, 5) is 27.0. The van der Waals surface area contributed by atoms with E-state index in [-0.39, 0.29) is 16.5 Å². The second-order valence-electron chi connectivity index (χ2n) is 6.37. The van der Waals surface area contributed by atoms with Gasteiger partial charge in [-0.25, -0.2) is 5.84 Å². The van der Waals surface area contributed by atoms with E-state index in [1.165, 1.54) is 17.8 Å². The van der Waals surface area contributed by atoms with Gasteiger partial charge < -0.3 is 0 Å². The van der Waals surface area contributed by atoms with Gasteiger partial charge in [-0.1, -0.05) is 48.5 Å². The molecule has 0 spiro atoms. The number of likely N-dealkylation sites (tertiary alicyclic amines) is 1. The van der Waals surface area contributed by atoms with E-state index in [9.17, 15) is 14.9 Å². The molecule has 8 heteroatoms. The van der Waals surface area contributed by atoms with Crippen LogP contribution in [0.4, 0.5) is 5.69 Å². The number of nitrogens with one attached hydrogen (secondary N) is 1. The molecule has 7 nitrogen and oxygen atoms in total. The Morgan fingerprint density at radius 3 is 2.37 bits per heavy atom. The van der Waals surface area contributed by atoms with Gasteiger partial charge in [0.25, 0.3) is 11.6 Å². The molecule has 1 fully saturated rings. The molecule has 2 aromatic rings. The number of nitrogens with zero attached hydrogens (tertiary/aromatic N) is 2. The predicted molar refractivity (Wildman–Crippen MR) is 104 cm³/mol. The van der Waals surface area contributed by atoms with Crippen molar-refractivity contribution in [2.24, 2.45) is 5.84 Å². The van der Waals surface area contributed by atoms with Crippen LogP contribution in [-0.2, 0) is 4.79 Å². The quantitative estimate of drug-likeness (QED) is 0.342. The van der Waals surface area contributed by atoms with Crippen LogP contribution in [0.15, 0.2) is 58.3 Å². The summed E-state index contributed by atoms with van der Waals surface area (Å²) in [6, 6.07) is 13.6. The molecule has 1 atom stereocenters. The molecule has 0 saturated carbocycles. The van der Waals surface area contributed by atoms with Gasteiger partial charge in [-0.05, 0) is 43.6 Å². The summed E-state index contributed by atoms with van der Waals surface area (Å²) in [5.74, 6) is 5.19. The fourth-order valence-corrected chi connectivity index (χ4v) is 4.45. The van der Waals surface area contributed by atoms with E-state index in [4.69, 9.17) is 5.84 Å². The Kier molecular flexibility index (Phi) is 6.44. The standard InChI is InChI=1S/C19H22N4O3S/c20-21-19(24)18(22-12-6-1-7-13-22)14-8-2-4-10-16(14)27-17-11-5-3-9-15(17)23(25)26/h2-5,8-11,18H,1,6-7,12-13,20H2,(H,21,24). The molecule has 1 unspecified atom stereocenters. The molecule has 1 aliphatic heterocycles. The van der Waals surface area contributed by atoms with E-state index in [2.05, 4.69) is 10.3 Å². The van der Waals surface area contributed by atoms with Crippen molar-refractivity contribution in [1.29, 1.82) is 0 Å². The molecule has 1 heterocycles. The monoisotopic (exact) mass is 386 g/mol. The highest BCUT2D eigenvalue weighted by atomic mass is 32.2. The van der Waals surface area contributed by atoms with E-state index in [0.717, 1.165) is 42.8 Å². The van der Waals surface area contributed by atoms with Crippen molar-refractivity contribution in [3.05, 3.63) is 64.2 Å². The van der Waals surface area contributed by atoms with Crippen molar-refractivity contribution >= 4 is 23.4 Å². The van der Waals surface area contributed by atoms with Crippen molar-refractivity contribution in [1.82, 2.24) is 10.3 Å². The molecule has 0 radical (unpaired) electrons. The first-order valence-corrected chi connectivity index (χ1v) is 9.68. The van der Waals surface area contributed by atoms with Crippen LogP contribution >= 0.6 is 11.8 Å². The molecule has 1 saturated heterocycles. The molecule has 3 N–H and O–H groups in total. The second-order valence-corrected chi connectivity index (χ2v) is 7.46. The van der Waals surface area contributed by atoms with Crippen LogP contribution < -0.4 is 11.3 Å². The molecule has 142 valence electrons. The van der Waals surface area contributed by atoms with Crippen LogP contribution in [0, 0.1) is 10.1 Å². The van der Waals surface area contributed by atoms with Crippen molar-refractivity contribution in [3.63, 3.8) is 0 Å². The van der Waals surface area contributed by atoms with Gasteiger partial charge in [0.05, 0.1) is 9.82 Å². The molecule has 0 aliphatic carbocycles. The first-order chi connectivity index (χ1) is 13.1. The lowest BCUT2D eigenvalue weighted by atomic mass is 10.0. The summed E-state index contributed by atoms with van der Waals surface area (Å²) in [6.45, 7) is 1.64. The number of hydrazine groups is 1. The SMILES string of the molecule is NNC(=O)C(c1ccccc1Sc1ccccc1[N+](=O)[O-])N1CCCCC1. The van der Waals surface area contributed by atoms with Crippen LogP contribution in [0.2, 0.25) is 0 Å². The fourth-order valence-electron chi connectivity index (χ4n) is 3.37. The Balaban J connectivity index is 1.99. The highest BCUT2D eigenvalue weighted by molar-refractivity contribution is 7.99.